The third-order valence-electron chi connectivity index (χ3n) is 1.73. The number of hydrogen-bond acceptors (Lipinski definition) is 2. The first-order chi connectivity index (χ1) is 6.00. The lowest BCUT2D eigenvalue weighted by molar-refractivity contribution is -0.116. The Kier molecular flexibility index (Phi) is 3.56. The summed E-state index contributed by atoms with van der Waals surface area (Å²) in [7, 11) is 0. The van der Waals surface area contributed by atoms with E-state index < -0.39 is 0 Å². The Morgan fingerprint density at radius 3 is 2.54 bits per heavy atom. The molecule has 70 valence electrons. The predicted molar refractivity (Wildman–Crippen MR) is 60.8 cm³/mol. The molecule has 0 aliphatic rings. The molecule has 0 spiro atoms. The number of carbonyl (C=O) groups excluding carboxylic acids is 1. The number of alkyl halides is 1. The topological polar surface area (TPSA) is 17.1 Å². The summed E-state index contributed by atoms with van der Waals surface area (Å²) >= 11 is 7.59. The molecule has 13 heavy (non-hydrogen) atoms. The predicted octanol–water partition coefficient (Wildman–Crippen LogP) is 3.31. The standard InChI is InChI=1S/C10H11BrOS/c1-6-3-8(5-9(13)4-6)10(11)7(2)12/h3-5,10,13H,1-2H3. The van der Waals surface area contributed by atoms with Crippen LogP contribution in [0.3, 0.4) is 0 Å². The molecule has 0 saturated carbocycles. The molecule has 0 radical (unpaired) electrons. The molecule has 1 unspecified atom stereocenters. The summed E-state index contributed by atoms with van der Waals surface area (Å²) in [6, 6.07) is 5.85. The molecule has 1 rings (SSSR count). The molecule has 0 aliphatic heterocycles. The number of Topliss-reactive ketones (excluding diaryl/α,β-unsaturated/α-hetero) is 1. The molecule has 1 nitrogen and oxygen atoms in total. The Bertz CT molecular complexity index is 315. The molecule has 0 heterocycles. The quantitative estimate of drug-likeness (QED) is 0.637. The maximum absolute atomic E-state index is 11.1. The molecule has 0 aromatic heterocycles. The van der Waals surface area contributed by atoms with Crippen molar-refractivity contribution >= 4 is 34.3 Å². The summed E-state index contributed by atoms with van der Waals surface area (Å²) in [5.74, 6) is 0.110. The van der Waals surface area contributed by atoms with Crippen molar-refractivity contribution in [3.8, 4) is 0 Å². The fourth-order valence-electron chi connectivity index (χ4n) is 1.17. The molecule has 1 aromatic carbocycles. The van der Waals surface area contributed by atoms with Crippen LogP contribution < -0.4 is 0 Å². The summed E-state index contributed by atoms with van der Waals surface area (Å²) in [6.45, 7) is 3.56. The smallest absolute Gasteiger partial charge is 0.147 e. The van der Waals surface area contributed by atoms with Crippen LogP contribution in [0.1, 0.15) is 22.9 Å². The molecule has 0 amide bonds. The van der Waals surface area contributed by atoms with E-state index in [4.69, 9.17) is 0 Å². The van der Waals surface area contributed by atoms with E-state index in [9.17, 15) is 4.79 Å². The number of rotatable bonds is 2. The van der Waals surface area contributed by atoms with Gasteiger partial charge in [-0.3, -0.25) is 4.79 Å². The van der Waals surface area contributed by atoms with Gasteiger partial charge < -0.3 is 0 Å². The summed E-state index contributed by atoms with van der Waals surface area (Å²) in [6.07, 6.45) is 0. The number of hydrogen-bond donors (Lipinski definition) is 1. The van der Waals surface area contributed by atoms with Crippen LogP contribution >= 0.6 is 28.6 Å². The number of ketones is 1. The number of thiol groups is 1. The number of benzene rings is 1. The van der Waals surface area contributed by atoms with Gasteiger partial charge in [0.2, 0.25) is 0 Å². The summed E-state index contributed by atoms with van der Waals surface area (Å²) in [5.41, 5.74) is 2.09. The highest BCUT2D eigenvalue weighted by Gasteiger charge is 2.12. The van der Waals surface area contributed by atoms with E-state index in [-0.39, 0.29) is 10.6 Å². The zero-order valence-electron chi connectivity index (χ0n) is 7.54. The normalized spacial score (nSPS) is 12.6. The molecular formula is C10H11BrOS. The van der Waals surface area contributed by atoms with Gasteiger partial charge in [0.1, 0.15) is 5.78 Å². The van der Waals surface area contributed by atoms with E-state index in [2.05, 4.69) is 28.6 Å². The monoisotopic (exact) mass is 258 g/mol. The van der Waals surface area contributed by atoms with Crippen LogP contribution in [0.15, 0.2) is 23.1 Å². The molecule has 0 saturated heterocycles. The van der Waals surface area contributed by atoms with E-state index in [0.29, 0.717) is 0 Å². The Hall–Kier alpha value is -0.280. The first-order valence-electron chi connectivity index (χ1n) is 3.96. The number of halogens is 1. The van der Waals surface area contributed by atoms with E-state index in [0.717, 1.165) is 16.0 Å². The fraction of sp³-hybridized carbons (Fsp3) is 0.300. The van der Waals surface area contributed by atoms with E-state index in [1.165, 1.54) is 0 Å². The Morgan fingerprint density at radius 1 is 1.46 bits per heavy atom. The van der Waals surface area contributed by atoms with Gasteiger partial charge in [-0.1, -0.05) is 22.0 Å². The molecule has 0 N–H and O–H groups in total. The van der Waals surface area contributed by atoms with Crippen LogP contribution in [-0.2, 0) is 4.79 Å². The second-order valence-electron chi connectivity index (χ2n) is 3.08. The molecule has 0 bridgehead atoms. The van der Waals surface area contributed by atoms with Gasteiger partial charge in [-0.2, -0.15) is 0 Å². The Balaban J connectivity index is 3.07. The van der Waals surface area contributed by atoms with Crippen LogP contribution in [0.25, 0.3) is 0 Å². The summed E-state index contributed by atoms with van der Waals surface area (Å²) < 4.78 is 0. The zero-order valence-corrected chi connectivity index (χ0v) is 10.0. The zero-order chi connectivity index (χ0) is 10.0. The highest BCUT2D eigenvalue weighted by molar-refractivity contribution is 9.09. The van der Waals surface area contributed by atoms with Gasteiger partial charge in [-0.15, -0.1) is 12.6 Å². The SMILES string of the molecule is CC(=O)C(Br)c1cc(C)cc(S)c1. The maximum Gasteiger partial charge on any atom is 0.147 e. The second-order valence-corrected chi connectivity index (χ2v) is 4.51. The molecule has 1 atom stereocenters. The lowest BCUT2D eigenvalue weighted by atomic mass is 10.1. The van der Waals surface area contributed by atoms with Gasteiger partial charge in [-0.05, 0) is 37.1 Å². The number of aryl methyl sites for hydroxylation is 1. The van der Waals surface area contributed by atoms with E-state index >= 15 is 0 Å². The molecule has 0 aliphatic carbocycles. The van der Waals surface area contributed by atoms with Crippen LogP contribution in [-0.4, -0.2) is 5.78 Å². The van der Waals surface area contributed by atoms with Crippen molar-refractivity contribution in [2.24, 2.45) is 0 Å². The lowest BCUT2D eigenvalue weighted by Gasteiger charge is -2.08. The third kappa shape index (κ3) is 2.85. The minimum Gasteiger partial charge on any atom is -0.298 e. The fourth-order valence-corrected chi connectivity index (χ4v) is 1.79. The van der Waals surface area contributed by atoms with Crippen molar-refractivity contribution < 1.29 is 4.79 Å². The molecule has 0 fully saturated rings. The average molecular weight is 259 g/mol. The molecule has 1 aromatic rings. The molecule has 3 heteroatoms. The molecular weight excluding hydrogens is 248 g/mol. The Morgan fingerprint density at radius 2 is 2.08 bits per heavy atom. The number of carbonyl (C=O) groups is 1. The second kappa shape index (κ2) is 4.29. The highest BCUT2D eigenvalue weighted by Crippen LogP contribution is 2.26. The minimum absolute atomic E-state index is 0.110. The van der Waals surface area contributed by atoms with Crippen molar-refractivity contribution in [1.29, 1.82) is 0 Å². The third-order valence-corrected chi connectivity index (χ3v) is 3.17. The average Bonchev–Trinajstić information content (AvgIpc) is 2.01. The van der Waals surface area contributed by atoms with Gasteiger partial charge in [0.05, 0.1) is 4.83 Å². The van der Waals surface area contributed by atoms with Crippen molar-refractivity contribution in [1.82, 2.24) is 0 Å². The Labute approximate surface area is 92.1 Å². The van der Waals surface area contributed by atoms with Gasteiger partial charge in [-0.25, -0.2) is 0 Å². The van der Waals surface area contributed by atoms with Crippen LogP contribution in [0.5, 0.6) is 0 Å². The van der Waals surface area contributed by atoms with E-state index in [1.54, 1.807) is 6.92 Å². The van der Waals surface area contributed by atoms with Crippen LogP contribution in [0.4, 0.5) is 0 Å². The lowest BCUT2D eigenvalue weighted by Crippen LogP contribution is -2.01. The first kappa shape index (κ1) is 10.8. The van der Waals surface area contributed by atoms with Gasteiger partial charge in [0, 0.05) is 4.90 Å². The van der Waals surface area contributed by atoms with Crippen molar-refractivity contribution in [2.45, 2.75) is 23.6 Å². The first-order valence-corrected chi connectivity index (χ1v) is 5.32. The van der Waals surface area contributed by atoms with Gasteiger partial charge in [0.25, 0.3) is 0 Å². The van der Waals surface area contributed by atoms with Crippen molar-refractivity contribution in [3.63, 3.8) is 0 Å². The maximum atomic E-state index is 11.1. The summed E-state index contributed by atoms with van der Waals surface area (Å²) in [5, 5.41) is 0. The largest absolute Gasteiger partial charge is 0.298 e. The minimum atomic E-state index is -0.210. The van der Waals surface area contributed by atoms with E-state index in [1.807, 2.05) is 25.1 Å². The summed E-state index contributed by atoms with van der Waals surface area (Å²) in [4.78, 5) is 11.8. The highest BCUT2D eigenvalue weighted by atomic mass is 79.9. The van der Waals surface area contributed by atoms with Crippen LogP contribution in [0, 0.1) is 6.92 Å². The van der Waals surface area contributed by atoms with Gasteiger partial charge >= 0.3 is 0 Å². The van der Waals surface area contributed by atoms with Crippen LogP contribution in [0.2, 0.25) is 0 Å². The van der Waals surface area contributed by atoms with Crippen molar-refractivity contribution in [2.75, 3.05) is 0 Å². The van der Waals surface area contributed by atoms with Gasteiger partial charge in [0.15, 0.2) is 0 Å². The van der Waals surface area contributed by atoms with Crippen molar-refractivity contribution in [3.05, 3.63) is 29.3 Å².